The average molecular weight is 276 g/mol. The Hall–Kier alpha value is 0.0969. The van der Waals surface area contributed by atoms with Gasteiger partial charge in [0.25, 0.3) is 0 Å². The third-order valence-electron chi connectivity index (χ3n) is 2.93. The van der Waals surface area contributed by atoms with Gasteiger partial charge >= 0.3 is 8.80 Å². The van der Waals surface area contributed by atoms with Crippen LogP contribution >= 0.6 is 0 Å². The fourth-order valence-corrected chi connectivity index (χ4v) is 6.01. The van der Waals surface area contributed by atoms with E-state index in [-0.39, 0.29) is 0 Å². The number of rotatable bonds is 11. The smallest absolute Gasteiger partial charge is 0.374 e. The van der Waals surface area contributed by atoms with Crippen LogP contribution in [0.25, 0.3) is 0 Å². The molecule has 0 N–H and O–H groups in total. The van der Waals surface area contributed by atoms with E-state index in [1.54, 1.807) is 0 Å². The van der Waals surface area contributed by atoms with Crippen LogP contribution in [0.5, 0.6) is 0 Å². The minimum Gasteiger partial charge on any atom is -0.374 e. The second-order valence-electron chi connectivity index (χ2n) is 5.02. The van der Waals surface area contributed by atoms with Gasteiger partial charge in [0.05, 0.1) is 0 Å². The summed E-state index contributed by atoms with van der Waals surface area (Å²) in [5, 5.41) is 0. The van der Waals surface area contributed by atoms with E-state index in [1.807, 2.05) is 20.8 Å². The summed E-state index contributed by atoms with van der Waals surface area (Å²) in [6.45, 7) is 14.8. The van der Waals surface area contributed by atoms with E-state index < -0.39 is 8.80 Å². The van der Waals surface area contributed by atoms with E-state index >= 15 is 0 Å². The van der Waals surface area contributed by atoms with Gasteiger partial charge in [0.15, 0.2) is 0 Å². The highest BCUT2D eigenvalue weighted by atomic mass is 28.4. The molecule has 0 bridgehead atoms. The second-order valence-corrected chi connectivity index (χ2v) is 7.91. The van der Waals surface area contributed by atoms with Crippen molar-refractivity contribution in [3.63, 3.8) is 0 Å². The van der Waals surface area contributed by atoms with Crippen molar-refractivity contribution in [1.82, 2.24) is 0 Å². The highest BCUT2D eigenvalue weighted by Gasteiger charge is 2.48. The number of hydrogen-bond acceptors (Lipinski definition) is 3. The van der Waals surface area contributed by atoms with Gasteiger partial charge in [-0.3, -0.25) is 0 Å². The third kappa shape index (κ3) is 5.82. The lowest BCUT2D eigenvalue weighted by molar-refractivity contribution is 0.0570. The Kier molecular flexibility index (Phi) is 10.0. The van der Waals surface area contributed by atoms with Crippen LogP contribution < -0.4 is 0 Å². The Morgan fingerprint density at radius 2 is 1.28 bits per heavy atom. The SMILES string of the molecule is CCCC(CC(C)C)[Si](OCC)(OCC)OCC. The fourth-order valence-electron chi connectivity index (χ4n) is 2.44. The maximum absolute atomic E-state index is 6.02. The third-order valence-corrected chi connectivity index (χ3v) is 6.53. The van der Waals surface area contributed by atoms with Crippen LogP contribution in [0.4, 0.5) is 0 Å². The van der Waals surface area contributed by atoms with Crippen LogP contribution in [-0.4, -0.2) is 28.6 Å². The van der Waals surface area contributed by atoms with Crippen molar-refractivity contribution in [1.29, 1.82) is 0 Å². The van der Waals surface area contributed by atoms with E-state index in [0.717, 1.165) is 19.3 Å². The topological polar surface area (TPSA) is 27.7 Å². The molecule has 0 aliphatic heterocycles. The summed E-state index contributed by atoms with van der Waals surface area (Å²) >= 11 is 0. The second kappa shape index (κ2) is 9.95. The van der Waals surface area contributed by atoms with Gasteiger partial charge in [-0.05, 0) is 39.5 Å². The molecule has 0 aromatic rings. The van der Waals surface area contributed by atoms with Crippen molar-refractivity contribution in [2.75, 3.05) is 19.8 Å². The van der Waals surface area contributed by atoms with Crippen LogP contribution in [0.3, 0.4) is 0 Å². The minimum atomic E-state index is -2.51. The molecule has 0 aliphatic carbocycles. The van der Waals surface area contributed by atoms with Crippen LogP contribution in [0, 0.1) is 5.92 Å². The summed E-state index contributed by atoms with van der Waals surface area (Å²) in [5.41, 5.74) is 0.433. The zero-order valence-electron chi connectivity index (χ0n) is 13.1. The van der Waals surface area contributed by atoms with Gasteiger partial charge < -0.3 is 13.3 Å². The molecule has 0 heterocycles. The minimum absolute atomic E-state index is 0.433. The predicted molar refractivity (Wildman–Crippen MR) is 78.7 cm³/mol. The molecule has 4 heteroatoms. The Morgan fingerprint density at radius 3 is 1.56 bits per heavy atom. The molecule has 110 valence electrons. The van der Waals surface area contributed by atoms with Gasteiger partial charge in [-0.25, -0.2) is 0 Å². The lowest BCUT2D eigenvalue weighted by Gasteiger charge is -2.36. The first-order valence-electron chi connectivity index (χ1n) is 7.47. The molecule has 0 amide bonds. The van der Waals surface area contributed by atoms with Gasteiger partial charge in [-0.15, -0.1) is 0 Å². The molecule has 0 spiro atoms. The Labute approximate surface area is 115 Å². The highest BCUT2D eigenvalue weighted by molar-refractivity contribution is 6.62. The summed E-state index contributed by atoms with van der Waals surface area (Å²) in [6, 6.07) is 0. The summed E-state index contributed by atoms with van der Waals surface area (Å²) in [5.74, 6) is 0.648. The molecular weight excluding hydrogens is 244 g/mol. The molecular formula is C14H32O3Si. The van der Waals surface area contributed by atoms with Crippen LogP contribution in [-0.2, 0) is 13.3 Å². The normalized spacial score (nSPS) is 14.2. The summed E-state index contributed by atoms with van der Waals surface area (Å²) < 4.78 is 18.1. The molecule has 0 aromatic heterocycles. The lowest BCUT2D eigenvalue weighted by Crippen LogP contribution is -2.50. The first kappa shape index (κ1) is 18.1. The Balaban J connectivity index is 5.00. The summed E-state index contributed by atoms with van der Waals surface area (Å²) in [4.78, 5) is 0. The van der Waals surface area contributed by atoms with Gasteiger partial charge in [0.2, 0.25) is 0 Å². The standard InChI is InChI=1S/C14H32O3Si/c1-7-11-14(12-13(5)6)18(15-8-2,16-9-3)17-10-4/h13-14H,7-12H2,1-6H3. The number of hydrogen-bond donors (Lipinski definition) is 0. The molecule has 1 atom stereocenters. The predicted octanol–water partition coefficient (Wildman–Crippen LogP) is 4.25. The molecule has 0 fully saturated rings. The molecule has 0 saturated carbocycles. The first-order valence-corrected chi connectivity index (χ1v) is 9.28. The Morgan fingerprint density at radius 1 is 0.833 bits per heavy atom. The summed E-state index contributed by atoms with van der Waals surface area (Å²) in [6.07, 6.45) is 3.41. The molecule has 0 aliphatic rings. The van der Waals surface area contributed by atoms with Crippen LogP contribution in [0.15, 0.2) is 0 Å². The largest absolute Gasteiger partial charge is 0.504 e. The van der Waals surface area contributed by atoms with Crippen molar-refractivity contribution in [2.45, 2.75) is 66.3 Å². The van der Waals surface area contributed by atoms with E-state index in [1.165, 1.54) is 0 Å². The molecule has 18 heavy (non-hydrogen) atoms. The molecule has 0 radical (unpaired) electrons. The van der Waals surface area contributed by atoms with Crippen LogP contribution in [0.1, 0.15) is 60.8 Å². The van der Waals surface area contributed by atoms with Crippen molar-refractivity contribution < 1.29 is 13.3 Å². The van der Waals surface area contributed by atoms with Crippen LogP contribution in [0.2, 0.25) is 5.54 Å². The monoisotopic (exact) mass is 276 g/mol. The zero-order chi connectivity index (χ0) is 14.0. The van der Waals surface area contributed by atoms with Crippen molar-refractivity contribution in [3.8, 4) is 0 Å². The summed E-state index contributed by atoms with van der Waals surface area (Å²) in [7, 11) is -2.51. The van der Waals surface area contributed by atoms with Gasteiger partial charge in [0.1, 0.15) is 0 Å². The van der Waals surface area contributed by atoms with E-state index in [0.29, 0.717) is 31.3 Å². The first-order chi connectivity index (χ1) is 8.56. The zero-order valence-corrected chi connectivity index (χ0v) is 14.1. The van der Waals surface area contributed by atoms with E-state index in [2.05, 4.69) is 20.8 Å². The fraction of sp³-hybridized carbons (Fsp3) is 1.00. The molecule has 3 nitrogen and oxygen atoms in total. The van der Waals surface area contributed by atoms with Crippen molar-refractivity contribution in [2.24, 2.45) is 5.92 Å². The van der Waals surface area contributed by atoms with Gasteiger partial charge in [-0.1, -0.05) is 27.2 Å². The maximum atomic E-state index is 6.02. The molecule has 0 aromatic carbocycles. The quantitative estimate of drug-likeness (QED) is 0.528. The van der Waals surface area contributed by atoms with Crippen molar-refractivity contribution >= 4 is 8.80 Å². The van der Waals surface area contributed by atoms with E-state index in [9.17, 15) is 0 Å². The van der Waals surface area contributed by atoms with Gasteiger partial charge in [-0.2, -0.15) is 0 Å². The molecule has 0 saturated heterocycles. The highest BCUT2D eigenvalue weighted by Crippen LogP contribution is 2.35. The molecule has 0 rings (SSSR count). The lowest BCUT2D eigenvalue weighted by atomic mass is 10.1. The average Bonchev–Trinajstić information content (AvgIpc) is 2.29. The Bertz CT molecular complexity index is 180. The van der Waals surface area contributed by atoms with Gasteiger partial charge in [0, 0.05) is 25.4 Å². The molecule has 1 unspecified atom stereocenters. The van der Waals surface area contributed by atoms with E-state index in [4.69, 9.17) is 13.3 Å². The van der Waals surface area contributed by atoms with Crippen molar-refractivity contribution in [3.05, 3.63) is 0 Å². The maximum Gasteiger partial charge on any atom is 0.504 e.